The van der Waals surface area contributed by atoms with Crippen LogP contribution in [0.5, 0.6) is 0 Å². The summed E-state index contributed by atoms with van der Waals surface area (Å²) in [5.74, 6) is -2.37. The maximum absolute atomic E-state index is 11.9. The minimum Gasteiger partial charge on any atom is -0.476 e. The summed E-state index contributed by atoms with van der Waals surface area (Å²) in [7, 11) is -4.19. The first-order valence-electron chi connectivity index (χ1n) is 4.76. The number of hydrogen-bond donors (Lipinski definition) is 4. The van der Waals surface area contributed by atoms with Crippen LogP contribution in [-0.2, 0) is 14.8 Å². The summed E-state index contributed by atoms with van der Waals surface area (Å²) in [6.45, 7) is 2.60. The number of carboxylic acid groups (broad SMARTS) is 1. The van der Waals surface area contributed by atoms with Gasteiger partial charge in [-0.05, 0) is 13.8 Å². The third kappa shape index (κ3) is 2.65. The lowest BCUT2D eigenvalue weighted by Crippen LogP contribution is -2.42. The largest absolute Gasteiger partial charge is 0.476 e. The summed E-state index contributed by atoms with van der Waals surface area (Å²) in [4.78, 5) is 21.1. The molecule has 1 unspecified atom stereocenters. The molecule has 18 heavy (non-hydrogen) atoms. The summed E-state index contributed by atoms with van der Waals surface area (Å²) < 4.78 is 25.8. The van der Waals surface area contributed by atoms with E-state index < -0.39 is 38.5 Å². The van der Waals surface area contributed by atoms with E-state index in [1.165, 1.54) is 13.8 Å². The Labute approximate surface area is 102 Å². The van der Waals surface area contributed by atoms with E-state index in [1.54, 1.807) is 0 Å². The molecule has 0 saturated carbocycles. The lowest BCUT2D eigenvalue weighted by molar-refractivity contribution is -0.119. The Morgan fingerprint density at radius 3 is 2.50 bits per heavy atom. The number of hydrogen-bond acceptors (Lipinski definition) is 5. The van der Waals surface area contributed by atoms with Gasteiger partial charge in [0.15, 0.2) is 5.69 Å². The molecule has 10 heteroatoms. The number of nitrogens with one attached hydrogen (secondary N) is 2. The van der Waals surface area contributed by atoms with Crippen LogP contribution in [0.3, 0.4) is 0 Å². The van der Waals surface area contributed by atoms with Gasteiger partial charge in [0.1, 0.15) is 4.90 Å². The molecule has 1 rings (SSSR count). The fourth-order valence-electron chi connectivity index (χ4n) is 1.24. The standard InChI is InChI=1S/C8H12N4O5S/c1-3-6(5(8(14)15)11-10-3)18(16,17)12-4(2)7(9)13/h4,12H,1-2H3,(H2,9,13)(H,10,11)(H,14,15). The van der Waals surface area contributed by atoms with E-state index in [2.05, 4.69) is 10.2 Å². The van der Waals surface area contributed by atoms with Crippen LogP contribution in [0, 0.1) is 6.92 Å². The summed E-state index contributed by atoms with van der Waals surface area (Å²) in [6.07, 6.45) is 0. The quantitative estimate of drug-likeness (QED) is 0.516. The molecule has 0 aromatic carbocycles. The zero-order chi connectivity index (χ0) is 14.1. The minimum absolute atomic E-state index is 0.0524. The van der Waals surface area contributed by atoms with Crippen LogP contribution in [0.4, 0.5) is 0 Å². The Hall–Kier alpha value is -1.94. The van der Waals surface area contributed by atoms with Crippen molar-refractivity contribution in [2.24, 2.45) is 5.73 Å². The molecular formula is C8H12N4O5S. The number of carbonyl (C=O) groups excluding carboxylic acids is 1. The highest BCUT2D eigenvalue weighted by Gasteiger charge is 2.30. The van der Waals surface area contributed by atoms with Gasteiger partial charge in [0.25, 0.3) is 0 Å². The number of aromatic carboxylic acids is 1. The molecule has 1 aromatic heterocycles. The number of primary amides is 1. The molecule has 0 radical (unpaired) electrons. The maximum atomic E-state index is 11.9. The molecule has 1 heterocycles. The van der Waals surface area contributed by atoms with E-state index in [-0.39, 0.29) is 5.69 Å². The fourth-order valence-corrected chi connectivity index (χ4v) is 2.78. The molecule has 0 bridgehead atoms. The van der Waals surface area contributed by atoms with Crippen molar-refractivity contribution in [2.75, 3.05) is 0 Å². The van der Waals surface area contributed by atoms with Crippen LogP contribution in [0.1, 0.15) is 23.1 Å². The summed E-state index contributed by atoms with van der Waals surface area (Å²) in [5.41, 5.74) is 4.34. The zero-order valence-electron chi connectivity index (χ0n) is 9.59. The van der Waals surface area contributed by atoms with Crippen molar-refractivity contribution in [2.45, 2.75) is 24.8 Å². The number of carbonyl (C=O) groups is 2. The Bertz CT molecular complexity index is 591. The summed E-state index contributed by atoms with van der Waals surface area (Å²) in [6, 6.07) is -1.16. The van der Waals surface area contributed by atoms with Gasteiger partial charge in [-0.1, -0.05) is 0 Å². The molecule has 0 aliphatic carbocycles. The molecule has 0 spiro atoms. The van der Waals surface area contributed by atoms with Gasteiger partial charge in [0, 0.05) is 0 Å². The van der Waals surface area contributed by atoms with E-state index in [4.69, 9.17) is 10.8 Å². The zero-order valence-corrected chi connectivity index (χ0v) is 10.4. The third-order valence-corrected chi connectivity index (χ3v) is 3.82. The van der Waals surface area contributed by atoms with Crippen molar-refractivity contribution in [3.05, 3.63) is 11.4 Å². The second-order valence-electron chi connectivity index (χ2n) is 3.58. The number of carboxylic acids is 1. The Balaban J connectivity index is 3.25. The van der Waals surface area contributed by atoms with Gasteiger partial charge < -0.3 is 10.8 Å². The van der Waals surface area contributed by atoms with E-state index in [0.29, 0.717) is 0 Å². The molecule has 0 fully saturated rings. The molecule has 0 aliphatic heterocycles. The third-order valence-electron chi connectivity index (χ3n) is 2.12. The lowest BCUT2D eigenvalue weighted by atomic mass is 10.4. The van der Waals surface area contributed by atoms with Crippen LogP contribution in [-0.4, -0.2) is 41.6 Å². The predicted octanol–water partition coefficient (Wildman–Crippen LogP) is -1.43. The number of aromatic amines is 1. The van der Waals surface area contributed by atoms with E-state index >= 15 is 0 Å². The van der Waals surface area contributed by atoms with Crippen LogP contribution in [0.2, 0.25) is 0 Å². The molecule has 1 amide bonds. The van der Waals surface area contributed by atoms with Crippen molar-refractivity contribution in [1.82, 2.24) is 14.9 Å². The first-order chi connectivity index (χ1) is 8.16. The number of sulfonamides is 1. The molecule has 1 atom stereocenters. The second kappa shape index (κ2) is 4.74. The SMILES string of the molecule is Cc1[nH]nc(C(=O)O)c1S(=O)(=O)NC(C)C(N)=O. The number of nitrogens with two attached hydrogens (primary N) is 1. The van der Waals surface area contributed by atoms with Gasteiger partial charge in [-0.3, -0.25) is 9.89 Å². The normalized spacial score (nSPS) is 13.2. The van der Waals surface area contributed by atoms with Crippen molar-refractivity contribution >= 4 is 21.9 Å². The van der Waals surface area contributed by atoms with Gasteiger partial charge in [0.2, 0.25) is 15.9 Å². The molecule has 100 valence electrons. The first-order valence-corrected chi connectivity index (χ1v) is 6.25. The van der Waals surface area contributed by atoms with Gasteiger partial charge in [-0.25, -0.2) is 13.2 Å². The smallest absolute Gasteiger partial charge is 0.357 e. The first kappa shape index (κ1) is 14.1. The average molecular weight is 276 g/mol. The highest BCUT2D eigenvalue weighted by atomic mass is 32.2. The molecule has 9 nitrogen and oxygen atoms in total. The maximum Gasteiger partial charge on any atom is 0.357 e. The van der Waals surface area contributed by atoms with Crippen LogP contribution in [0.15, 0.2) is 4.90 Å². The summed E-state index contributed by atoms with van der Waals surface area (Å²) >= 11 is 0. The van der Waals surface area contributed by atoms with E-state index in [9.17, 15) is 18.0 Å². The molecule has 1 aromatic rings. The fraction of sp³-hybridized carbons (Fsp3) is 0.375. The van der Waals surface area contributed by atoms with E-state index in [1.807, 2.05) is 4.72 Å². The van der Waals surface area contributed by atoms with Gasteiger partial charge in [-0.2, -0.15) is 9.82 Å². The highest BCUT2D eigenvalue weighted by Crippen LogP contribution is 2.17. The number of rotatable bonds is 5. The number of aryl methyl sites for hydroxylation is 1. The van der Waals surface area contributed by atoms with Crippen LogP contribution < -0.4 is 10.5 Å². The predicted molar refractivity (Wildman–Crippen MR) is 59.3 cm³/mol. The summed E-state index contributed by atoms with van der Waals surface area (Å²) in [5, 5.41) is 14.5. The monoisotopic (exact) mass is 276 g/mol. The number of aromatic nitrogens is 2. The second-order valence-corrected chi connectivity index (χ2v) is 5.23. The lowest BCUT2D eigenvalue weighted by Gasteiger charge is -2.10. The molecule has 0 aliphatic rings. The Morgan fingerprint density at radius 1 is 1.50 bits per heavy atom. The average Bonchev–Trinajstić information content (AvgIpc) is 2.59. The van der Waals surface area contributed by atoms with Crippen molar-refractivity contribution < 1.29 is 23.1 Å². The van der Waals surface area contributed by atoms with Gasteiger partial charge >= 0.3 is 5.97 Å². The van der Waals surface area contributed by atoms with Gasteiger partial charge in [-0.15, -0.1) is 0 Å². The van der Waals surface area contributed by atoms with Crippen LogP contribution >= 0.6 is 0 Å². The minimum atomic E-state index is -4.19. The van der Waals surface area contributed by atoms with E-state index in [0.717, 1.165) is 0 Å². The number of nitrogens with zero attached hydrogens (tertiary/aromatic N) is 1. The molecular weight excluding hydrogens is 264 g/mol. The molecule has 0 saturated heterocycles. The van der Waals surface area contributed by atoms with Crippen LogP contribution in [0.25, 0.3) is 0 Å². The number of H-pyrrole nitrogens is 1. The van der Waals surface area contributed by atoms with Crippen molar-refractivity contribution in [3.63, 3.8) is 0 Å². The van der Waals surface area contributed by atoms with Crippen molar-refractivity contribution in [3.8, 4) is 0 Å². The highest BCUT2D eigenvalue weighted by molar-refractivity contribution is 7.89. The number of amides is 1. The van der Waals surface area contributed by atoms with Gasteiger partial charge in [0.05, 0.1) is 11.7 Å². The topological polar surface area (TPSA) is 155 Å². The Morgan fingerprint density at radius 2 is 2.06 bits per heavy atom. The Kier molecular flexibility index (Phi) is 3.72. The molecule has 5 N–H and O–H groups in total. The van der Waals surface area contributed by atoms with Crippen molar-refractivity contribution in [1.29, 1.82) is 0 Å².